The highest BCUT2D eigenvalue weighted by atomic mass is 14.7. The van der Waals surface area contributed by atoms with Crippen molar-refractivity contribution in [1.29, 1.82) is 0 Å². The standard InChI is InChI=1S/C12H10N2/c1-2-4-12(5-3-1)14-10-11-6-8-13-9-7-11/h1-10H. The molecule has 0 radical (unpaired) electrons. The highest BCUT2D eigenvalue weighted by Crippen LogP contribution is 2.09. The lowest BCUT2D eigenvalue weighted by Crippen LogP contribution is -1.79. The summed E-state index contributed by atoms with van der Waals surface area (Å²) < 4.78 is 0. The third kappa shape index (κ3) is 2.26. The van der Waals surface area contributed by atoms with Crippen LogP contribution in [-0.2, 0) is 0 Å². The van der Waals surface area contributed by atoms with Crippen LogP contribution in [0.4, 0.5) is 5.69 Å². The molecule has 0 spiro atoms. The van der Waals surface area contributed by atoms with E-state index in [4.69, 9.17) is 0 Å². The largest absolute Gasteiger partial charge is 0.265 e. The third-order valence-electron chi connectivity index (χ3n) is 1.82. The van der Waals surface area contributed by atoms with Gasteiger partial charge >= 0.3 is 0 Å². The number of benzene rings is 1. The van der Waals surface area contributed by atoms with Gasteiger partial charge in [0.2, 0.25) is 0 Å². The number of nitrogens with zero attached hydrogens (tertiary/aromatic N) is 2. The van der Waals surface area contributed by atoms with Gasteiger partial charge in [0, 0.05) is 18.6 Å². The number of hydrogen-bond acceptors (Lipinski definition) is 2. The van der Waals surface area contributed by atoms with Crippen LogP contribution in [-0.4, -0.2) is 11.2 Å². The van der Waals surface area contributed by atoms with E-state index in [-0.39, 0.29) is 0 Å². The van der Waals surface area contributed by atoms with Crippen LogP contribution in [0.15, 0.2) is 59.9 Å². The Bertz CT molecular complexity index is 365. The molecule has 0 atom stereocenters. The molecule has 0 bridgehead atoms. The van der Waals surface area contributed by atoms with Gasteiger partial charge in [-0.25, -0.2) is 0 Å². The number of rotatable bonds is 2. The fraction of sp³-hybridized carbons (Fsp3) is 0. The molecule has 2 aromatic rings. The summed E-state index contributed by atoms with van der Waals surface area (Å²) in [6.07, 6.45) is 5.34. The lowest BCUT2D eigenvalue weighted by atomic mass is 10.3. The molecule has 0 aliphatic heterocycles. The first-order chi connectivity index (χ1) is 6.95. The van der Waals surface area contributed by atoms with Crippen LogP contribution in [0, 0.1) is 0 Å². The molecule has 0 saturated heterocycles. The molecule has 0 saturated carbocycles. The molecule has 2 nitrogen and oxygen atoms in total. The monoisotopic (exact) mass is 182 g/mol. The predicted molar refractivity (Wildman–Crippen MR) is 57.9 cm³/mol. The Morgan fingerprint density at radius 2 is 1.64 bits per heavy atom. The minimum Gasteiger partial charge on any atom is -0.265 e. The highest BCUT2D eigenvalue weighted by Gasteiger charge is 1.85. The SMILES string of the molecule is C(=Nc1ccccc1)c1ccncc1. The summed E-state index contributed by atoms with van der Waals surface area (Å²) in [7, 11) is 0. The van der Waals surface area contributed by atoms with Gasteiger partial charge in [-0.15, -0.1) is 0 Å². The zero-order valence-electron chi connectivity index (χ0n) is 7.67. The molecule has 1 aromatic heterocycles. The lowest BCUT2D eigenvalue weighted by Gasteiger charge is -1.92. The second-order valence-corrected chi connectivity index (χ2v) is 2.87. The quantitative estimate of drug-likeness (QED) is 0.655. The van der Waals surface area contributed by atoms with E-state index < -0.39 is 0 Å². The lowest BCUT2D eigenvalue weighted by molar-refractivity contribution is 1.32. The van der Waals surface area contributed by atoms with E-state index >= 15 is 0 Å². The molecular formula is C12H10N2. The van der Waals surface area contributed by atoms with Crippen molar-refractivity contribution in [2.45, 2.75) is 0 Å². The summed E-state index contributed by atoms with van der Waals surface area (Å²) in [6.45, 7) is 0. The fourth-order valence-electron chi connectivity index (χ4n) is 1.11. The van der Waals surface area contributed by atoms with E-state index in [1.54, 1.807) is 12.4 Å². The Labute approximate surface area is 83.0 Å². The molecule has 2 heteroatoms. The van der Waals surface area contributed by atoms with Crippen LogP contribution in [0.3, 0.4) is 0 Å². The number of hydrogen-bond donors (Lipinski definition) is 0. The summed E-state index contributed by atoms with van der Waals surface area (Å²) in [5.41, 5.74) is 2.02. The molecule has 68 valence electrons. The number of aliphatic imine (C=N–C) groups is 1. The minimum atomic E-state index is 0.962. The summed E-state index contributed by atoms with van der Waals surface area (Å²) in [5, 5.41) is 0. The van der Waals surface area contributed by atoms with Crippen molar-refractivity contribution in [3.8, 4) is 0 Å². The molecule has 14 heavy (non-hydrogen) atoms. The Morgan fingerprint density at radius 1 is 0.929 bits per heavy atom. The second kappa shape index (κ2) is 4.33. The van der Waals surface area contributed by atoms with E-state index in [1.807, 2.05) is 48.7 Å². The van der Waals surface area contributed by atoms with Gasteiger partial charge < -0.3 is 0 Å². The van der Waals surface area contributed by atoms with Crippen molar-refractivity contribution >= 4 is 11.9 Å². The zero-order chi connectivity index (χ0) is 9.64. The highest BCUT2D eigenvalue weighted by molar-refractivity contribution is 5.81. The Kier molecular flexibility index (Phi) is 2.67. The molecule has 1 aromatic carbocycles. The van der Waals surface area contributed by atoms with Gasteiger partial charge in [-0.2, -0.15) is 0 Å². The smallest absolute Gasteiger partial charge is 0.0629 e. The van der Waals surface area contributed by atoms with Crippen molar-refractivity contribution in [2.24, 2.45) is 4.99 Å². The van der Waals surface area contributed by atoms with Gasteiger partial charge in [0.1, 0.15) is 0 Å². The van der Waals surface area contributed by atoms with Crippen molar-refractivity contribution in [1.82, 2.24) is 4.98 Å². The van der Waals surface area contributed by atoms with Crippen LogP contribution < -0.4 is 0 Å². The van der Waals surface area contributed by atoms with Gasteiger partial charge in [-0.05, 0) is 29.8 Å². The number of pyridine rings is 1. The van der Waals surface area contributed by atoms with Crippen molar-refractivity contribution in [3.63, 3.8) is 0 Å². The second-order valence-electron chi connectivity index (χ2n) is 2.87. The average Bonchev–Trinajstić information content (AvgIpc) is 2.29. The van der Waals surface area contributed by atoms with Gasteiger partial charge in [-0.1, -0.05) is 18.2 Å². The number of aromatic nitrogens is 1. The first-order valence-corrected chi connectivity index (χ1v) is 4.44. The van der Waals surface area contributed by atoms with Crippen molar-refractivity contribution < 1.29 is 0 Å². The molecule has 0 N–H and O–H groups in total. The summed E-state index contributed by atoms with van der Waals surface area (Å²) in [6, 6.07) is 13.7. The maximum Gasteiger partial charge on any atom is 0.0629 e. The number of para-hydroxylation sites is 1. The van der Waals surface area contributed by atoms with E-state index in [2.05, 4.69) is 9.98 Å². The summed E-state index contributed by atoms with van der Waals surface area (Å²) in [5.74, 6) is 0. The van der Waals surface area contributed by atoms with E-state index in [1.165, 1.54) is 0 Å². The molecule has 1 heterocycles. The van der Waals surface area contributed by atoms with Crippen LogP contribution in [0.1, 0.15) is 5.56 Å². The van der Waals surface area contributed by atoms with E-state index in [0.717, 1.165) is 11.3 Å². The van der Waals surface area contributed by atoms with Crippen molar-refractivity contribution in [2.75, 3.05) is 0 Å². The predicted octanol–water partition coefficient (Wildman–Crippen LogP) is 2.83. The van der Waals surface area contributed by atoms with E-state index in [0.29, 0.717) is 0 Å². The van der Waals surface area contributed by atoms with Crippen LogP contribution in [0.2, 0.25) is 0 Å². The van der Waals surface area contributed by atoms with Crippen molar-refractivity contribution in [3.05, 3.63) is 60.4 Å². The Morgan fingerprint density at radius 3 is 2.36 bits per heavy atom. The maximum atomic E-state index is 4.32. The average molecular weight is 182 g/mol. The molecule has 0 aliphatic rings. The minimum absolute atomic E-state index is 0.962. The normalized spacial score (nSPS) is 10.6. The summed E-state index contributed by atoms with van der Waals surface area (Å²) in [4.78, 5) is 8.26. The zero-order valence-corrected chi connectivity index (χ0v) is 7.67. The molecule has 0 aliphatic carbocycles. The van der Waals surface area contributed by atoms with E-state index in [9.17, 15) is 0 Å². The molecule has 0 amide bonds. The first kappa shape index (κ1) is 8.63. The van der Waals surface area contributed by atoms with Gasteiger partial charge in [0.25, 0.3) is 0 Å². The van der Waals surface area contributed by atoms with Gasteiger partial charge in [0.05, 0.1) is 5.69 Å². The maximum absolute atomic E-state index is 4.32. The fourth-order valence-corrected chi connectivity index (χ4v) is 1.11. The molecule has 2 rings (SSSR count). The van der Waals surface area contributed by atoms with Crippen LogP contribution >= 0.6 is 0 Å². The Hall–Kier alpha value is -1.96. The van der Waals surface area contributed by atoms with Crippen LogP contribution in [0.25, 0.3) is 0 Å². The van der Waals surface area contributed by atoms with Gasteiger partial charge in [-0.3, -0.25) is 9.98 Å². The molecule has 0 fully saturated rings. The third-order valence-corrected chi connectivity index (χ3v) is 1.82. The molecular weight excluding hydrogens is 172 g/mol. The first-order valence-electron chi connectivity index (χ1n) is 4.44. The topological polar surface area (TPSA) is 25.2 Å². The van der Waals surface area contributed by atoms with Crippen LogP contribution in [0.5, 0.6) is 0 Å². The Balaban J connectivity index is 2.16. The molecule has 0 unspecified atom stereocenters. The summed E-state index contributed by atoms with van der Waals surface area (Å²) >= 11 is 0. The van der Waals surface area contributed by atoms with Gasteiger partial charge in [0.15, 0.2) is 0 Å².